The van der Waals surface area contributed by atoms with E-state index in [1.807, 2.05) is 0 Å². The quantitative estimate of drug-likeness (QED) is 0.154. The summed E-state index contributed by atoms with van der Waals surface area (Å²) in [5.41, 5.74) is 2.40. The van der Waals surface area contributed by atoms with Gasteiger partial charge < -0.3 is 29.3 Å². The topological polar surface area (TPSA) is 136 Å². The SMILES string of the molecule is C=C=C[C@]1(Cl)[C@H](N2C=CC(=O)NC2=C)O[C@](F)(COP(=O)(NC(C)C(=O)OC(C)C)Oc2ccccc2)[C@H]1O. The minimum atomic E-state index is -4.51. The number of esters is 1. The third-order valence-electron chi connectivity index (χ3n) is 5.51. The number of nitrogens with one attached hydrogen (secondary N) is 2. The number of ether oxygens (including phenoxy) is 2. The van der Waals surface area contributed by atoms with E-state index in [0.29, 0.717) is 0 Å². The maximum atomic E-state index is 16.3. The minimum absolute atomic E-state index is 0.00963. The molecular formula is C25H30ClFN3O8P. The maximum absolute atomic E-state index is 16.3. The number of benzene rings is 1. The Morgan fingerprint density at radius 1 is 1.41 bits per heavy atom. The van der Waals surface area contributed by atoms with Crippen molar-refractivity contribution >= 4 is 31.2 Å². The second-order valence-corrected chi connectivity index (χ2v) is 11.4. The van der Waals surface area contributed by atoms with Crippen LogP contribution in [-0.4, -0.2) is 63.7 Å². The molecule has 11 nitrogen and oxygen atoms in total. The molecule has 0 radical (unpaired) electrons. The Morgan fingerprint density at radius 3 is 2.67 bits per heavy atom. The highest BCUT2D eigenvalue weighted by atomic mass is 35.5. The van der Waals surface area contributed by atoms with Crippen LogP contribution in [0.3, 0.4) is 0 Å². The van der Waals surface area contributed by atoms with Gasteiger partial charge >= 0.3 is 13.7 Å². The van der Waals surface area contributed by atoms with Crippen LogP contribution in [0.1, 0.15) is 20.8 Å². The Kier molecular flexibility index (Phi) is 9.46. The molecule has 1 aromatic rings. The number of alkyl halides is 2. The lowest BCUT2D eigenvalue weighted by molar-refractivity contribution is -0.206. The Hall–Kier alpha value is -2.95. The fraction of sp³-hybridized carbons (Fsp3) is 0.400. The van der Waals surface area contributed by atoms with Gasteiger partial charge in [0, 0.05) is 12.3 Å². The first-order valence-electron chi connectivity index (χ1n) is 11.8. The molecule has 0 bridgehead atoms. The zero-order valence-electron chi connectivity index (χ0n) is 21.5. The Labute approximate surface area is 230 Å². The van der Waals surface area contributed by atoms with Crippen LogP contribution < -0.4 is 14.9 Å². The highest BCUT2D eigenvalue weighted by Crippen LogP contribution is 2.51. The van der Waals surface area contributed by atoms with E-state index in [0.717, 1.165) is 12.2 Å². The average Bonchev–Trinajstić information content (AvgIpc) is 3.05. The highest BCUT2D eigenvalue weighted by molar-refractivity contribution is 7.52. The summed E-state index contributed by atoms with van der Waals surface area (Å²) in [4.78, 5) is 23.2. The summed E-state index contributed by atoms with van der Waals surface area (Å²) < 4.78 is 51.5. The molecule has 2 heterocycles. The molecule has 2 aliphatic heterocycles. The van der Waals surface area contributed by atoms with Crippen molar-refractivity contribution in [2.45, 2.75) is 56.0 Å². The van der Waals surface area contributed by atoms with E-state index in [4.69, 9.17) is 30.1 Å². The lowest BCUT2D eigenvalue weighted by atomic mass is 9.96. The molecule has 6 atom stereocenters. The van der Waals surface area contributed by atoms with Crippen molar-refractivity contribution in [1.82, 2.24) is 15.3 Å². The first-order valence-corrected chi connectivity index (χ1v) is 13.7. The lowest BCUT2D eigenvalue weighted by Crippen LogP contribution is -2.51. The molecular weight excluding hydrogens is 556 g/mol. The minimum Gasteiger partial charge on any atom is -0.462 e. The van der Waals surface area contributed by atoms with Crippen LogP contribution in [0.5, 0.6) is 5.75 Å². The van der Waals surface area contributed by atoms with E-state index < -0.39 is 61.4 Å². The van der Waals surface area contributed by atoms with Crippen molar-refractivity contribution in [3.05, 3.63) is 73.4 Å². The summed E-state index contributed by atoms with van der Waals surface area (Å²) in [5.74, 6) is -4.24. The second kappa shape index (κ2) is 12.1. The van der Waals surface area contributed by atoms with Crippen molar-refractivity contribution in [3.63, 3.8) is 0 Å². The normalized spacial score (nSPS) is 28.8. The second-order valence-electron chi connectivity index (χ2n) is 9.01. The zero-order valence-corrected chi connectivity index (χ0v) is 23.2. The first kappa shape index (κ1) is 30.6. The van der Waals surface area contributed by atoms with Gasteiger partial charge in [-0.25, -0.2) is 8.96 Å². The predicted octanol–water partition coefficient (Wildman–Crippen LogP) is 3.24. The number of amides is 1. The number of halogens is 2. The summed E-state index contributed by atoms with van der Waals surface area (Å²) in [6, 6.07) is 6.63. The summed E-state index contributed by atoms with van der Waals surface area (Å²) in [6.45, 7) is 10.6. The van der Waals surface area contributed by atoms with Crippen LogP contribution >= 0.6 is 19.3 Å². The van der Waals surface area contributed by atoms with Crippen molar-refractivity contribution in [2.75, 3.05) is 6.61 Å². The van der Waals surface area contributed by atoms with E-state index in [2.05, 4.69) is 29.3 Å². The maximum Gasteiger partial charge on any atom is 0.459 e. The van der Waals surface area contributed by atoms with Crippen LogP contribution in [0, 0.1) is 0 Å². The van der Waals surface area contributed by atoms with Crippen molar-refractivity contribution in [2.24, 2.45) is 0 Å². The molecule has 3 N–H and O–H groups in total. The Balaban J connectivity index is 1.89. The van der Waals surface area contributed by atoms with Crippen molar-refractivity contribution < 1.29 is 42.2 Å². The Morgan fingerprint density at radius 2 is 2.08 bits per heavy atom. The number of para-hydroxylation sites is 1. The van der Waals surface area contributed by atoms with Crippen LogP contribution in [0.25, 0.3) is 0 Å². The van der Waals surface area contributed by atoms with Gasteiger partial charge in [-0.15, -0.1) is 17.3 Å². The molecule has 1 amide bonds. The predicted molar refractivity (Wildman–Crippen MR) is 140 cm³/mol. The average molecular weight is 586 g/mol. The largest absolute Gasteiger partial charge is 0.462 e. The fourth-order valence-corrected chi connectivity index (χ4v) is 5.60. The highest BCUT2D eigenvalue weighted by Gasteiger charge is 2.66. The summed E-state index contributed by atoms with van der Waals surface area (Å²) in [7, 11) is -4.51. The molecule has 1 saturated heterocycles. The van der Waals surface area contributed by atoms with Crippen LogP contribution in [0.4, 0.5) is 4.39 Å². The van der Waals surface area contributed by atoms with Gasteiger partial charge in [-0.2, -0.15) is 5.09 Å². The van der Waals surface area contributed by atoms with Gasteiger partial charge in [-0.3, -0.25) is 14.1 Å². The molecule has 1 fully saturated rings. The Bertz CT molecular complexity index is 1230. The first-order chi connectivity index (χ1) is 18.2. The van der Waals surface area contributed by atoms with E-state index in [-0.39, 0.29) is 11.6 Å². The van der Waals surface area contributed by atoms with E-state index >= 15 is 4.39 Å². The fourth-order valence-electron chi connectivity index (χ4n) is 3.71. The van der Waals surface area contributed by atoms with E-state index in [9.17, 15) is 19.3 Å². The number of rotatable bonds is 11. The molecule has 2 aliphatic rings. The number of hydrogen-bond acceptors (Lipinski definition) is 9. The lowest BCUT2D eigenvalue weighted by Gasteiger charge is -2.36. The summed E-state index contributed by atoms with van der Waals surface area (Å²) >= 11 is 6.63. The van der Waals surface area contributed by atoms with Crippen LogP contribution in [0.2, 0.25) is 0 Å². The molecule has 39 heavy (non-hydrogen) atoms. The standard InChI is InChI=1S/C25H30ClFN3O8P/c1-6-13-24(26)22(33)25(27,37-23(24)30-14-12-20(31)28-18(30)5)15-35-39(34,38-19-10-8-7-9-11-19)29-17(4)21(32)36-16(2)3/h7-14,16-17,22-23,33H,1,5,15H2,2-4H3,(H,28,31)(H,29,34)/t17?,22-,23+,24+,25+,39?/m0/s1. The number of carbonyl (C=O) groups excluding carboxylic acids is 2. The molecule has 2 unspecified atom stereocenters. The molecule has 3 rings (SSSR count). The van der Waals surface area contributed by atoms with Gasteiger partial charge in [-0.1, -0.05) is 31.4 Å². The molecule has 14 heteroatoms. The zero-order chi connectivity index (χ0) is 29.0. The molecule has 0 spiro atoms. The van der Waals surface area contributed by atoms with Gasteiger partial charge in [0.05, 0.1) is 6.10 Å². The smallest absolute Gasteiger partial charge is 0.459 e. The van der Waals surface area contributed by atoms with Crippen molar-refractivity contribution in [1.29, 1.82) is 0 Å². The van der Waals surface area contributed by atoms with Gasteiger partial charge in [0.25, 0.3) is 11.8 Å². The number of carbonyl (C=O) groups is 2. The summed E-state index contributed by atoms with van der Waals surface area (Å²) in [6.07, 6.45) is -0.611. The van der Waals surface area contributed by atoms with Gasteiger partial charge in [0.2, 0.25) is 0 Å². The number of aliphatic hydroxyl groups excluding tert-OH is 1. The van der Waals surface area contributed by atoms with Gasteiger partial charge in [0.1, 0.15) is 35.2 Å². The third-order valence-corrected chi connectivity index (χ3v) is 7.64. The van der Waals surface area contributed by atoms with Gasteiger partial charge in [0.15, 0.2) is 6.23 Å². The summed E-state index contributed by atoms with van der Waals surface area (Å²) in [5, 5.41) is 15.8. The number of hydrogen-bond donors (Lipinski definition) is 3. The molecule has 0 aliphatic carbocycles. The van der Waals surface area contributed by atoms with Crippen molar-refractivity contribution in [3.8, 4) is 5.75 Å². The molecule has 1 aromatic carbocycles. The molecule has 0 saturated carbocycles. The molecule has 0 aromatic heterocycles. The third kappa shape index (κ3) is 6.98. The number of nitrogens with zero attached hydrogens (tertiary/aromatic N) is 1. The van der Waals surface area contributed by atoms with Crippen LogP contribution in [0.15, 0.2) is 73.4 Å². The van der Waals surface area contributed by atoms with Gasteiger partial charge in [-0.05, 0) is 39.0 Å². The van der Waals surface area contributed by atoms with E-state index in [1.54, 1.807) is 32.0 Å². The monoisotopic (exact) mass is 585 g/mol. The number of aliphatic hydroxyl groups is 1. The van der Waals surface area contributed by atoms with Crippen LogP contribution in [-0.2, 0) is 28.2 Å². The van der Waals surface area contributed by atoms with E-state index in [1.165, 1.54) is 30.2 Å². The molecule has 212 valence electrons.